The van der Waals surface area contributed by atoms with Crippen molar-refractivity contribution in [3.63, 3.8) is 0 Å². The lowest BCUT2D eigenvalue weighted by atomic mass is 10.0. The number of amidine groups is 1. The van der Waals surface area contributed by atoms with Crippen LogP contribution in [0.4, 0.5) is 11.4 Å². The van der Waals surface area contributed by atoms with Crippen molar-refractivity contribution in [3.8, 4) is 11.4 Å². The topological polar surface area (TPSA) is 188 Å². The van der Waals surface area contributed by atoms with Crippen molar-refractivity contribution in [2.75, 3.05) is 62.6 Å². The number of rotatable bonds is 13. The number of likely N-dealkylation sites (tertiary alicyclic amines) is 1. The van der Waals surface area contributed by atoms with Gasteiger partial charge in [-0.1, -0.05) is 30.9 Å². The van der Waals surface area contributed by atoms with Crippen molar-refractivity contribution >= 4 is 42.8 Å². The standard InChI is InChI=1S/C35H48N10O4Si/c1-50(2,3)20-19-49-24-27-5-8-28(21-30(27)32(41-37)33(36)42-48)40-35(47)26-11-14-43(22-26)23-31(46)45-17-15-44(16-18-45)29-9-6-25(7-10-29)34-38-12-4-13-39-34/h4-10,12-13,21,26,48H,11,14-20,22-24,37H2,1-3H3,(H2,36,42)(H,40,47)/b41-32-/t26-/m1/s1. The molecule has 6 N–H and O–H groups in total. The number of benzene rings is 2. The largest absolute Gasteiger partial charge is 0.409 e. The molecular weight excluding hydrogens is 653 g/mol. The van der Waals surface area contributed by atoms with Gasteiger partial charge < -0.3 is 36.6 Å². The number of nitrogens with one attached hydrogen (secondary N) is 1. The highest BCUT2D eigenvalue weighted by Crippen LogP contribution is 2.24. The number of aromatic nitrogens is 2. The molecule has 2 aromatic carbocycles. The van der Waals surface area contributed by atoms with Crippen LogP contribution in [0, 0.1) is 5.92 Å². The summed E-state index contributed by atoms with van der Waals surface area (Å²) in [6.07, 6.45) is 4.11. The molecule has 2 amide bonds. The highest BCUT2D eigenvalue weighted by atomic mass is 28.3. The van der Waals surface area contributed by atoms with Crippen LogP contribution >= 0.6 is 0 Å². The summed E-state index contributed by atoms with van der Waals surface area (Å²) in [5, 5.41) is 19.1. The van der Waals surface area contributed by atoms with Gasteiger partial charge in [-0.25, -0.2) is 9.97 Å². The predicted octanol–water partition coefficient (Wildman–Crippen LogP) is 3.02. The van der Waals surface area contributed by atoms with Crippen molar-refractivity contribution in [1.29, 1.82) is 0 Å². The Labute approximate surface area is 294 Å². The molecule has 1 atom stereocenters. The molecule has 14 nitrogen and oxygen atoms in total. The lowest BCUT2D eigenvalue weighted by Crippen LogP contribution is -2.51. The van der Waals surface area contributed by atoms with Crippen LogP contribution in [0.1, 0.15) is 17.5 Å². The monoisotopic (exact) mass is 700 g/mol. The number of nitrogens with two attached hydrogens (primary N) is 2. The number of hydrazone groups is 1. The Morgan fingerprint density at radius 3 is 2.42 bits per heavy atom. The number of anilines is 2. The Morgan fingerprint density at radius 1 is 1.04 bits per heavy atom. The second kappa shape index (κ2) is 16.7. The lowest BCUT2D eigenvalue weighted by Gasteiger charge is -2.36. The van der Waals surface area contributed by atoms with E-state index in [4.69, 9.17) is 16.3 Å². The van der Waals surface area contributed by atoms with Gasteiger partial charge in [0, 0.05) is 82.3 Å². The highest BCUT2D eigenvalue weighted by Gasteiger charge is 2.31. The van der Waals surface area contributed by atoms with Crippen LogP contribution in [0.25, 0.3) is 11.4 Å². The molecule has 0 aliphatic carbocycles. The molecule has 2 aliphatic rings. The van der Waals surface area contributed by atoms with Crippen LogP contribution in [0.3, 0.4) is 0 Å². The number of carbonyl (C=O) groups is 2. The first-order valence-electron chi connectivity index (χ1n) is 16.9. The van der Waals surface area contributed by atoms with E-state index in [2.05, 4.69) is 62.2 Å². The van der Waals surface area contributed by atoms with Crippen molar-refractivity contribution in [2.24, 2.45) is 27.8 Å². The van der Waals surface area contributed by atoms with Crippen LogP contribution in [0.15, 0.2) is 71.2 Å². The zero-order valence-electron chi connectivity index (χ0n) is 29.1. The highest BCUT2D eigenvalue weighted by molar-refractivity contribution is 6.76. The van der Waals surface area contributed by atoms with Gasteiger partial charge in [-0.3, -0.25) is 14.5 Å². The van der Waals surface area contributed by atoms with Gasteiger partial charge in [0.15, 0.2) is 11.7 Å². The third-order valence-corrected chi connectivity index (χ3v) is 10.8. The molecule has 266 valence electrons. The average molecular weight is 701 g/mol. The van der Waals surface area contributed by atoms with Crippen molar-refractivity contribution in [2.45, 2.75) is 38.7 Å². The maximum Gasteiger partial charge on any atom is 0.236 e. The second-order valence-electron chi connectivity index (χ2n) is 13.9. The molecule has 2 aliphatic heterocycles. The number of oxime groups is 1. The Kier molecular flexibility index (Phi) is 12.2. The number of nitrogens with zero attached hydrogens (tertiary/aromatic N) is 7. The first-order valence-corrected chi connectivity index (χ1v) is 20.7. The summed E-state index contributed by atoms with van der Waals surface area (Å²) in [6, 6.07) is 16.3. The maximum absolute atomic E-state index is 13.3. The molecule has 2 fully saturated rings. The second-order valence-corrected chi connectivity index (χ2v) is 19.5. The van der Waals surface area contributed by atoms with Crippen LogP contribution < -0.4 is 21.8 Å². The summed E-state index contributed by atoms with van der Waals surface area (Å²) < 4.78 is 5.94. The van der Waals surface area contributed by atoms with E-state index in [1.54, 1.807) is 30.6 Å². The molecule has 15 heteroatoms. The van der Waals surface area contributed by atoms with Gasteiger partial charge >= 0.3 is 0 Å². The summed E-state index contributed by atoms with van der Waals surface area (Å²) in [4.78, 5) is 41.4. The van der Waals surface area contributed by atoms with E-state index in [1.165, 1.54) is 0 Å². The minimum Gasteiger partial charge on any atom is -0.409 e. The molecular formula is C35H48N10O4Si. The number of piperazine rings is 1. The third-order valence-electron chi connectivity index (χ3n) is 9.06. The Hall–Kier alpha value is -4.86. The van der Waals surface area contributed by atoms with Gasteiger partial charge in [0.25, 0.3) is 0 Å². The van der Waals surface area contributed by atoms with Crippen LogP contribution in [-0.2, 0) is 20.9 Å². The molecule has 5 rings (SSSR count). The van der Waals surface area contributed by atoms with Crippen molar-refractivity contribution in [3.05, 3.63) is 72.1 Å². The van der Waals surface area contributed by atoms with Crippen LogP contribution in [0.2, 0.25) is 25.7 Å². The molecule has 0 saturated carbocycles. The fourth-order valence-corrected chi connectivity index (χ4v) is 6.85. The summed E-state index contributed by atoms with van der Waals surface area (Å²) in [6.45, 7) is 11.9. The average Bonchev–Trinajstić information content (AvgIpc) is 3.60. The molecule has 2 saturated heterocycles. The summed E-state index contributed by atoms with van der Waals surface area (Å²) in [5.41, 5.74) is 9.82. The van der Waals surface area contributed by atoms with E-state index in [1.807, 2.05) is 28.0 Å². The molecule has 3 heterocycles. The molecule has 0 radical (unpaired) electrons. The smallest absolute Gasteiger partial charge is 0.236 e. The summed E-state index contributed by atoms with van der Waals surface area (Å²) in [5.74, 6) is 5.74. The van der Waals surface area contributed by atoms with E-state index in [0.29, 0.717) is 56.3 Å². The zero-order chi connectivity index (χ0) is 35.7. The molecule has 1 aromatic heterocycles. The van der Waals surface area contributed by atoms with Crippen molar-refractivity contribution < 1.29 is 19.5 Å². The minimum atomic E-state index is -1.27. The van der Waals surface area contributed by atoms with E-state index in [0.717, 1.165) is 35.9 Å². The van der Waals surface area contributed by atoms with E-state index >= 15 is 0 Å². The van der Waals surface area contributed by atoms with E-state index in [9.17, 15) is 14.8 Å². The van der Waals surface area contributed by atoms with Crippen LogP contribution in [0.5, 0.6) is 0 Å². The van der Waals surface area contributed by atoms with Gasteiger partial charge in [0.05, 0.1) is 19.1 Å². The maximum atomic E-state index is 13.3. The number of hydrogen-bond donors (Lipinski definition) is 4. The number of carbonyl (C=O) groups excluding carboxylic acids is 2. The first kappa shape index (κ1) is 36.4. The minimum absolute atomic E-state index is 0.0753. The Morgan fingerprint density at radius 2 is 1.76 bits per heavy atom. The fourth-order valence-electron chi connectivity index (χ4n) is 6.09. The van der Waals surface area contributed by atoms with E-state index < -0.39 is 8.07 Å². The third kappa shape index (κ3) is 9.64. The fraction of sp³-hybridized carbons (Fsp3) is 0.429. The molecule has 3 aromatic rings. The van der Waals surface area contributed by atoms with E-state index in [-0.39, 0.29) is 42.4 Å². The SMILES string of the molecule is C[Si](C)(C)CCOCc1ccc(NC(=O)[C@@H]2CCN(CC(=O)N3CCN(c4ccc(-c5ncccn5)cc4)CC3)C2)cc1/C(=N/N)C(N)=NO. The van der Waals surface area contributed by atoms with Crippen LogP contribution in [-0.4, -0.2) is 109 Å². The van der Waals surface area contributed by atoms with Crippen molar-refractivity contribution in [1.82, 2.24) is 19.8 Å². The van der Waals surface area contributed by atoms with Gasteiger partial charge in [-0.2, -0.15) is 5.10 Å². The number of amides is 2. The molecule has 0 unspecified atom stereocenters. The summed E-state index contributed by atoms with van der Waals surface area (Å²) in [7, 11) is -1.27. The molecule has 0 spiro atoms. The molecule has 0 bridgehead atoms. The predicted molar refractivity (Wildman–Crippen MR) is 198 cm³/mol. The lowest BCUT2D eigenvalue weighted by molar-refractivity contribution is -0.132. The number of ether oxygens (including phenoxy) is 1. The number of hydrogen-bond acceptors (Lipinski definition) is 11. The van der Waals surface area contributed by atoms with Gasteiger partial charge in [0.1, 0.15) is 5.71 Å². The van der Waals surface area contributed by atoms with Gasteiger partial charge in [-0.15, -0.1) is 0 Å². The normalized spacial score (nSPS) is 17.6. The van der Waals surface area contributed by atoms with Gasteiger partial charge in [0.2, 0.25) is 11.8 Å². The quantitative estimate of drug-likeness (QED) is 0.0393. The zero-order valence-corrected chi connectivity index (χ0v) is 30.1. The Balaban J connectivity index is 1.12. The molecule has 50 heavy (non-hydrogen) atoms. The first-order chi connectivity index (χ1) is 24.0. The Bertz CT molecular complexity index is 1670. The summed E-state index contributed by atoms with van der Waals surface area (Å²) >= 11 is 0. The van der Waals surface area contributed by atoms with Gasteiger partial charge in [-0.05, 0) is 67.0 Å².